The summed E-state index contributed by atoms with van der Waals surface area (Å²) in [5, 5.41) is 3.43. The third-order valence-corrected chi connectivity index (χ3v) is 3.51. The summed E-state index contributed by atoms with van der Waals surface area (Å²) in [4.78, 5) is 0. The maximum atomic E-state index is 5.49. The molecule has 0 radical (unpaired) electrons. The Morgan fingerprint density at radius 3 is 2.67 bits per heavy atom. The van der Waals surface area contributed by atoms with E-state index in [1.54, 1.807) is 14.2 Å². The molecular weight excluding hydrogens is 250 g/mol. The zero-order valence-corrected chi connectivity index (χ0v) is 12.1. The zero-order valence-electron chi connectivity index (χ0n) is 11.3. The first-order valence-corrected chi connectivity index (χ1v) is 6.26. The van der Waals surface area contributed by atoms with E-state index < -0.39 is 0 Å². The molecule has 1 N–H and O–H groups in total. The van der Waals surface area contributed by atoms with Gasteiger partial charge >= 0.3 is 0 Å². The maximum absolute atomic E-state index is 5.49. The Morgan fingerprint density at radius 2 is 2.06 bits per heavy atom. The fraction of sp³-hybridized carbons (Fsp3) is 0.571. The third-order valence-electron chi connectivity index (χ3n) is 3.51. The Kier molecular flexibility index (Phi) is 5.76. The molecule has 2 rings (SSSR count). The molecule has 0 fully saturated rings. The number of likely N-dealkylation sites (N-methyl/N-ethyl adjacent to an activating group) is 1. The van der Waals surface area contributed by atoms with Crippen LogP contribution in [-0.2, 0) is 6.42 Å². The number of hydrogen-bond acceptors (Lipinski definition) is 3. The molecule has 0 amide bonds. The second-order valence-corrected chi connectivity index (χ2v) is 4.41. The lowest BCUT2D eigenvalue weighted by Crippen LogP contribution is -2.19. The molecule has 0 saturated carbocycles. The number of halogens is 1. The molecule has 1 aliphatic rings. The number of benzene rings is 1. The summed E-state index contributed by atoms with van der Waals surface area (Å²) in [5.41, 5.74) is 2.75. The topological polar surface area (TPSA) is 30.5 Å². The Morgan fingerprint density at radius 1 is 1.28 bits per heavy atom. The molecule has 0 saturated heterocycles. The molecule has 0 heterocycles. The van der Waals surface area contributed by atoms with Gasteiger partial charge in [0.05, 0.1) is 14.2 Å². The van der Waals surface area contributed by atoms with Crippen molar-refractivity contribution in [3.63, 3.8) is 0 Å². The van der Waals surface area contributed by atoms with Gasteiger partial charge in [0.25, 0.3) is 0 Å². The van der Waals surface area contributed by atoms with E-state index in [1.807, 2.05) is 6.07 Å². The number of fused-ring (bicyclic) bond motifs is 1. The summed E-state index contributed by atoms with van der Waals surface area (Å²) in [6, 6.07) is 4.20. The zero-order chi connectivity index (χ0) is 12.3. The fourth-order valence-corrected chi connectivity index (χ4v) is 2.65. The number of nitrogens with one attached hydrogen (secondary N) is 1. The highest BCUT2D eigenvalue weighted by atomic mass is 35.5. The summed E-state index contributed by atoms with van der Waals surface area (Å²) >= 11 is 0. The standard InChI is InChI=1S/C14H21NO2.ClH/c1-4-15-9-10-5-6-12-11(10)7-8-13(16-2)14(12)17-3;/h7-8,10,15H,4-6,9H2,1-3H3;1H. The van der Waals surface area contributed by atoms with Gasteiger partial charge in [-0.25, -0.2) is 0 Å². The summed E-state index contributed by atoms with van der Waals surface area (Å²) in [6.45, 7) is 4.22. The molecule has 1 aromatic carbocycles. The molecule has 0 spiro atoms. The van der Waals surface area contributed by atoms with Gasteiger partial charge in [0.1, 0.15) is 0 Å². The van der Waals surface area contributed by atoms with Crippen LogP contribution in [0.2, 0.25) is 0 Å². The second kappa shape index (κ2) is 6.86. The molecule has 0 aliphatic heterocycles. The molecule has 1 aliphatic carbocycles. The summed E-state index contributed by atoms with van der Waals surface area (Å²) in [7, 11) is 3.41. The first-order chi connectivity index (χ1) is 8.31. The molecule has 1 unspecified atom stereocenters. The highest BCUT2D eigenvalue weighted by Gasteiger charge is 2.26. The van der Waals surface area contributed by atoms with Crippen LogP contribution in [0.25, 0.3) is 0 Å². The normalized spacial score (nSPS) is 16.9. The lowest BCUT2D eigenvalue weighted by molar-refractivity contribution is 0.352. The lowest BCUT2D eigenvalue weighted by Gasteiger charge is -2.15. The molecule has 18 heavy (non-hydrogen) atoms. The Labute approximate surface area is 115 Å². The molecule has 1 aromatic rings. The fourth-order valence-electron chi connectivity index (χ4n) is 2.65. The van der Waals surface area contributed by atoms with Crippen molar-refractivity contribution in [2.45, 2.75) is 25.7 Å². The number of methoxy groups -OCH3 is 2. The van der Waals surface area contributed by atoms with Crippen LogP contribution >= 0.6 is 12.4 Å². The smallest absolute Gasteiger partial charge is 0.164 e. The third kappa shape index (κ3) is 2.73. The van der Waals surface area contributed by atoms with Crippen LogP contribution in [-0.4, -0.2) is 27.3 Å². The van der Waals surface area contributed by atoms with Crippen molar-refractivity contribution >= 4 is 12.4 Å². The van der Waals surface area contributed by atoms with Crippen molar-refractivity contribution in [3.8, 4) is 11.5 Å². The second-order valence-electron chi connectivity index (χ2n) is 4.41. The average Bonchev–Trinajstić information content (AvgIpc) is 2.78. The van der Waals surface area contributed by atoms with Crippen LogP contribution in [0.1, 0.15) is 30.4 Å². The van der Waals surface area contributed by atoms with Gasteiger partial charge in [0.2, 0.25) is 0 Å². The van der Waals surface area contributed by atoms with E-state index in [1.165, 1.54) is 17.5 Å². The minimum Gasteiger partial charge on any atom is -0.493 e. The number of hydrogen-bond donors (Lipinski definition) is 1. The van der Waals surface area contributed by atoms with Crippen molar-refractivity contribution < 1.29 is 9.47 Å². The van der Waals surface area contributed by atoms with Crippen molar-refractivity contribution in [1.82, 2.24) is 5.32 Å². The highest BCUT2D eigenvalue weighted by Crippen LogP contribution is 2.42. The average molecular weight is 272 g/mol. The molecule has 4 heteroatoms. The maximum Gasteiger partial charge on any atom is 0.164 e. The van der Waals surface area contributed by atoms with Gasteiger partial charge in [-0.05, 0) is 36.9 Å². The first-order valence-electron chi connectivity index (χ1n) is 6.26. The molecule has 1 atom stereocenters. The van der Waals surface area contributed by atoms with Crippen LogP contribution in [0.3, 0.4) is 0 Å². The quantitative estimate of drug-likeness (QED) is 0.893. The van der Waals surface area contributed by atoms with Crippen molar-refractivity contribution in [1.29, 1.82) is 0 Å². The Bertz CT molecular complexity index is 396. The monoisotopic (exact) mass is 271 g/mol. The van der Waals surface area contributed by atoms with Crippen LogP contribution in [0.4, 0.5) is 0 Å². The van der Waals surface area contributed by atoms with Crippen LogP contribution in [0.5, 0.6) is 11.5 Å². The largest absolute Gasteiger partial charge is 0.493 e. The SMILES string of the molecule is CCNCC1CCc2c1ccc(OC)c2OC.Cl. The van der Waals surface area contributed by atoms with Crippen LogP contribution < -0.4 is 14.8 Å². The summed E-state index contributed by atoms with van der Waals surface area (Å²) in [6.07, 6.45) is 2.29. The predicted molar refractivity (Wildman–Crippen MR) is 76.4 cm³/mol. The van der Waals surface area contributed by atoms with Gasteiger partial charge in [-0.1, -0.05) is 13.0 Å². The van der Waals surface area contributed by atoms with Crippen molar-refractivity contribution in [2.24, 2.45) is 0 Å². The van der Waals surface area contributed by atoms with E-state index in [2.05, 4.69) is 18.3 Å². The Balaban J connectivity index is 0.00000162. The van der Waals surface area contributed by atoms with Gasteiger partial charge in [0, 0.05) is 12.1 Å². The first kappa shape index (κ1) is 15.1. The summed E-state index contributed by atoms with van der Waals surface area (Å²) < 4.78 is 10.8. The number of ether oxygens (including phenoxy) is 2. The van der Waals surface area contributed by atoms with E-state index in [0.717, 1.165) is 31.0 Å². The molecule has 3 nitrogen and oxygen atoms in total. The van der Waals surface area contributed by atoms with Crippen LogP contribution in [0, 0.1) is 0 Å². The molecule has 0 bridgehead atoms. The predicted octanol–water partition coefficient (Wildman–Crippen LogP) is 2.76. The minimum atomic E-state index is 0. The van der Waals surface area contributed by atoms with E-state index in [0.29, 0.717) is 5.92 Å². The van der Waals surface area contributed by atoms with E-state index >= 15 is 0 Å². The van der Waals surface area contributed by atoms with Gasteiger partial charge in [-0.3, -0.25) is 0 Å². The van der Waals surface area contributed by atoms with Gasteiger partial charge in [-0.15, -0.1) is 12.4 Å². The molecular formula is C14H22ClNO2. The van der Waals surface area contributed by atoms with E-state index in [9.17, 15) is 0 Å². The highest BCUT2D eigenvalue weighted by molar-refractivity contribution is 5.85. The van der Waals surface area contributed by atoms with E-state index in [-0.39, 0.29) is 12.4 Å². The van der Waals surface area contributed by atoms with Gasteiger partial charge in [-0.2, -0.15) is 0 Å². The van der Waals surface area contributed by atoms with Gasteiger partial charge in [0.15, 0.2) is 11.5 Å². The minimum absolute atomic E-state index is 0. The van der Waals surface area contributed by atoms with Crippen LogP contribution in [0.15, 0.2) is 12.1 Å². The molecule has 102 valence electrons. The Hall–Kier alpha value is -0.930. The van der Waals surface area contributed by atoms with E-state index in [4.69, 9.17) is 9.47 Å². The number of rotatable bonds is 5. The molecule has 0 aromatic heterocycles. The van der Waals surface area contributed by atoms with Gasteiger partial charge < -0.3 is 14.8 Å². The van der Waals surface area contributed by atoms with Crippen molar-refractivity contribution in [2.75, 3.05) is 27.3 Å². The summed E-state index contributed by atoms with van der Waals surface area (Å²) in [5.74, 6) is 2.38. The lowest BCUT2D eigenvalue weighted by atomic mass is 10.0. The van der Waals surface area contributed by atoms with Crippen molar-refractivity contribution in [3.05, 3.63) is 23.3 Å².